The lowest BCUT2D eigenvalue weighted by Gasteiger charge is -2.47. The fraction of sp³-hybridized carbons (Fsp3) is 0.900. The summed E-state index contributed by atoms with van der Waals surface area (Å²) in [5, 5.41) is 12.3. The second kappa shape index (κ2) is 3.51. The first-order valence-electron chi connectivity index (χ1n) is 5.20. The molecule has 14 heavy (non-hydrogen) atoms. The average molecular weight is 199 g/mol. The fourth-order valence-electron chi connectivity index (χ4n) is 2.76. The summed E-state index contributed by atoms with van der Waals surface area (Å²) in [7, 11) is 1.94. The zero-order chi connectivity index (χ0) is 10.2. The van der Waals surface area contributed by atoms with Gasteiger partial charge in [0, 0.05) is 5.54 Å². The van der Waals surface area contributed by atoms with Crippen LogP contribution in [0.2, 0.25) is 0 Å². The number of likely N-dealkylation sites (N-methyl/N-ethyl adjacent to an activating group) is 1. The van der Waals surface area contributed by atoms with Crippen molar-refractivity contribution >= 4 is 5.97 Å². The summed E-state index contributed by atoms with van der Waals surface area (Å²) in [5.74, 6) is -0.607. The Labute approximate surface area is 83.6 Å². The molecule has 0 spiro atoms. The molecule has 0 aromatic carbocycles. The summed E-state index contributed by atoms with van der Waals surface area (Å²) < 4.78 is 5.44. The van der Waals surface area contributed by atoms with E-state index in [2.05, 4.69) is 5.32 Å². The van der Waals surface area contributed by atoms with Gasteiger partial charge < -0.3 is 15.2 Å². The van der Waals surface area contributed by atoms with Crippen LogP contribution in [0.15, 0.2) is 0 Å². The highest BCUT2D eigenvalue weighted by Gasteiger charge is 2.45. The van der Waals surface area contributed by atoms with Crippen molar-refractivity contribution in [1.82, 2.24) is 5.32 Å². The van der Waals surface area contributed by atoms with E-state index in [0.29, 0.717) is 6.61 Å². The van der Waals surface area contributed by atoms with Crippen LogP contribution >= 0.6 is 0 Å². The summed E-state index contributed by atoms with van der Waals surface area (Å²) >= 11 is 0. The Bertz CT molecular complexity index is 244. The molecule has 1 heterocycles. The van der Waals surface area contributed by atoms with Gasteiger partial charge in [0.25, 0.3) is 0 Å². The number of hydrogen-bond acceptors (Lipinski definition) is 3. The van der Waals surface area contributed by atoms with E-state index in [0.717, 1.165) is 25.7 Å². The maximum Gasteiger partial charge on any atom is 0.333 e. The van der Waals surface area contributed by atoms with Gasteiger partial charge in [-0.05, 0) is 32.2 Å². The molecule has 1 aliphatic heterocycles. The van der Waals surface area contributed by atoms with E-state index >= 15 is 0 Å². The van der Waals surface area contributed by atoms with Gasteiger partial charge in [0.05, 0.1) is 6.61 Å². The normalized spacial score (nSPS) is 42.1. The van der Waals surface area contributed by atoms with Crippen molar-refractivity contribution in [2.75, 3.05) is 13.7 Å². The van der Waals surface area contributed by atoms with E-state index in [1.165, 1.54) is 0 Å². The second-order valence-corrected chi connectivity index (χ2v) is 4.46. The monoisotopic (exact) mass is 199 g/mol. The molecular formula is C10H17NO3. The quantitative estimate of drug-likeness (QED) is 0.684. The number of fused-ring (bicyclic) bond motifs is 2. The van der Waals surface area contributed by atoms with Gasteiger partial charge in [-0.25, -0.2) is 4.79 Å². The van der Waals surface area contributed by atoms with Gasteiger partial charge in [0.2, 0.25) is 0 Å². The van der Waals surface area contributed by atoms with Gasteiger partial charge in [-0.15, -0.1) is 0 Å². The van der Waals surface area contributed by atoms with Crippen molar-refractivity contribution in [3.05, 3.63) is 0 Å². The largest absolute Gasteiger partial charge is 0.479 e. The number of nitrogens with one attached hydrogen (secondary N) is 1. The van der Waals surface area contributed by atoms with Gasteiger partial charge >= 0.3 is 5.97 Å². The molecule has 1 saturated carbocycles. The Morgan fingerprint density at radius 2 is 2.43 bits per heavy atom. The number of carboxylic acids is 1. The summed E-state index contributed by atoms with van der Waals surface area (Å²) in [6, 6.07) is 0. The lowest BCUT2D eigenvalue weighted by Crippen LogP contribution is -2.58. The lowest BCUT2D eigenvalue weighted by atomic mass is 9.72. The molecule has 80 valence electrons. The van der Waals surface area contributed by atoms with Crippen LogP contribution in [-0.4, -0.2) is 36.4 Å². The van der Waals surface area contributed by atoms with E-state index in [1.807, 2.05) is 7.05 Å². The standard InChI is InChI=1S/C10H17NO3/c1-11-10-4-2-3-7(5-10)8(9(12)13)14-6-10/h7-8,11H,2-6H2,1H3,(H,12,13). The molecule has 1 saturated heterocycles. The number of carbonyl (C=O) groups is 1. The van der Waals surface area contributed by atoms with Gasteiger partial charge in [-0.3, -0.25) is 0 Å². The molecule has 0 aromatic rings. The van der Waals surface area contributed by atoms with Gasteiger partial charge in [0.15, 0.2) is 6.10 Å². The van der Waals surface area contributed by atoms with E-state index in [-0.39, 0.29) is 11.5 Å². The molecule has 0 aromatic heterocycles. The lowest BCUT2D eigenvalue weighted by molar-refractivity contribution is -0.167. The number of ether oxygens (including phenoxy) is 1. The number of aliphatic carboxylic acids is 1. The zero-order valence-electron chi connectivity index (χ0n) is 8.45. The van der Waals surface area contributed by atoms with Crippen LogP contribution < -0.4 is 5.32 Å². The average Bonchev–Trinajstić information content (AvgIpc) is 2.18. The summed E-state index contributed by atoms with van der Waals surface area (Å²) in [4.78, 5) is 10.9. The highest BCUT2D eigenvalue weighted by molar-refractivity contribution is 5.73. The van der Waals surface area contributed by atoms with Crippen molar-refractivity contribution in [3.8, 4) is 0 Å². The third-order valence-electron chi connectivity index (χ3n) is 3.62. The molecule has 2 aliphatic rings. The van der Waals surface area contributed by atoms with Crippen molar-refractivity contribution in [1.29, 1.82) is 0 Å². The van der Waals surface area contributed by atoms with E-state index in [4.69, 9.17) is 9.84 Å². The second-order valence-electron chi connectivity index (χ2n) is 4.46. The molecule has 4 nitrogen and oxygen atoms in total. The molecule has 2 bridgehead atoms. The van der Waals surface area contributed by atoms with Crippen molar-refractivity contribution in [2.24, 2.45) is 5.92 Å². The van der Waals surface area contributed by atoms with E-state index in [9.17, 15) is 4.79 Å². The maximum atomic E-state index is 10.9. The third kappa shape index (κ3) is 1.53. The minimum Gasteiger partial charge on any atom is -0.479 e. The molecule has 2 fully saturated rings. The molecule has 1 aliphatic carbocycles. The maximum absolute atomic E-state index is 10.9. The molecule has 2 rings (SSSR count). The van der Waals surface area contributed by atoms with Gasteiger partial charge in [-0.1, -0.05) is 6.42 Å². The van der Waals surface area contributed by atoms with Crippen molar-refractivity contribution in [3.63, 3.8) is 0 Å². The van der Waals surface area contributed by atoms with E-state index < -0.39 is 12.1 Å². The minimum atomic E-state index is -0.804. The first-order valence-corrected chi connectivity index (χ1v) is 5.20. The first kappa shape index (κ1) is 9.93. The SMILES string of the molecule is CNC12CCCC(C1)C(C(=O)O)OC2. The number of hydrogen-bond donors (Lipinski definition) is 2. The highest BCUT2D eigenvalue weighted by atomic mass is 16.5. The zero-order valence-corrected chi connectivity index (χ0v) is 8.45. The predicted octanol–water partition coefficient (Wildman–Crippen LogP) is 0.618. The number of carboxylic acid groups (broad SMARTS) is 1. The van der Waals surface area contributed by atoms with Crippen LogP contribution in [-0.2, 0) is 9.53 Å². The smallest absolute Gasteiger partial charge is 0.333 e. The van der Waals surface area contributed by atoms with E-state index in [1.54, 1.807) is 0 Å². The topological polar surface area (TPSA) is 58.6 Å². The summed E-state index contributed by atoms with van der Waals surface area (Å²) in [6.07, 6.45) is 3.57. The molecule has 4 heteroatoms. The number of rotatable bonds is 2. The Morgan fingerprint density at radius 3 is 3.07 bits per heavy atom. The third-order valence-corrected chi connectivity index (χ3v) is 3.62. The first-order chi connectivity index (χ1) is 6.67. The van der Waals surface area contributed by atoms with Crippen LogP contribution in [0.25, 0.3) is 0 Å². The summed E-state index contributed by atoms with van der Waals surface area (Å²) in [5.41, 5.74) is 0.0505. The molecular weight excluding hydrogens is 182 g/mol. The minimum absolute atomic E-state index is 0.0505. The molecule has 0 radical (unpaired) electrons. The van der Waals surface area contributed by atoms with Crippen molar-refractivity contribution in [2.45, 2.75) is 37.3 Å². The fourth-order valence-corrected chi connectivity index (χ4v) is 2.76. The molecule has 0 amide bonds. The Balaban J connectivity index is 2.11. The Kier molecular flexibility index (Phi) is 2.49. The Hall–Kier alpha value is -0.610. The van der Waals surface area contributed by atoms with Gasteiger partial charge in [-0.2, -0.15) is 0 Å². The van der Waals surface area contributed by atoms with Crippen LogP contribution in [0.1, 0.15) is 25.7 Å². The molecule has 2 N–H and O–H groups in total. The van der Waals surface area contributed by atoms with Crippen molar-refractivity contribution < 1.29 is 14.6 Å². The van der Waals surface area contributed by atoms with Crippen LogP contribution in [0.5, 0.6) is 0 Å². The van der Waals surface area contributed by atoms with Crippen LogP contribution in [0.4, 0.5) is 0 Å². The molecule has 3 atom stereocenters. The Morgan fingerprint density at radius 1 is 1.64 bits per heavy atom. The molecule has 3 unspecified atom stereocenters. The predicted molar refractivity (Wildman–Crippen MR) is 51.1 cm³/mol. The highest BCUT2D eigenvalue weighted by Crippen LogP contribution is 2.39. The van der Waals surface area contributed by atoms with Crippen LogP contribution in [0.3, 0.4) is 0 Å². The van der Waals surface area contributed by atoms with Crippen LogP contribution in [0, 0.1) is 5.92 Å². The van der Waals surface area contributed by atoms with Gasteiger partial charge in [0.1, 0.15) is 0 Å². The summed E-state index contributed by atoms with van der Waals surface area (Å²) in [6.45, 7) is 0.539.